The minimum absolute atomic E-state index is 0.0448. The van der Waals surface area contributed by atoms with Crippen LogP contribution in [0.2, 0.25) is 0 Å². The van der Waals surface area contributed by atoms with E-state index in [0.29, 0.717) is 31.1 Å². The first kappa shape index (κ1) is 20.5. The molecule has 0 spiro atoms. The van der Waals surface area contributed by atoms with Crippen LogP contribution in [0, 0.1) is 25.5 Å². The predicted octanol–water partition coefficient (Wildman–Crippen LogP) is 5.27. The zero-order chi connectivity index (χ0) is 19.1. The van der Waals surface area contributed by atoms with Crippen molar-refractivity contribution in [1.82, 2.24) is 5.32 Å². The van der Waals surface area contributed by atoms with E-state index in [9.17, 15) is 8.78 Å². The zero-order valence-electron chi connectivity index (χ0n) is 16.1. The van der Waals surface area contributed by atoms with Gasteiger partial charge in [0.1, 0.15) is 11.6 Å². The molecule has 4 heteroatoms. The maximum atomic E-state index is 13.7. The molecule has 0 aliphatic heterocycles. The zero-order valence-corrected chi connectivity index (χ0v) is 16.1. The van der Waals surface area contributed by atoms with E-state index in [1.807, 2.05) is 0 Å². The van der Waals surface area contributed by atoms with Gasteiger partial charge in [-0.05, 0) is 55.0 Å². The molecule has 0 saturated carbocycles. The summed E-state index contributed by atoms with van der Waals surface area (Å²) in [5.74, 6) is -1.03. The van der Waals surface area contributed by atoms with Crippen LogP contribution in [0.4, 0.5) is 8.78 Å². The van der Waals surface area contributed by atoms with E-state index in [0.717, 1.165) is 12.6 Å². The molecule has 142 valence electrons. The third-order valence-electron chi connectivity index (χ3n) is 4.50. The normalized spacial score (nSPS) is 12.6. The second kappa shape index (κ2) is 9.79. The Morgan fingerprint density at radius 2 is 1.73 bits per heavy atom. The molecule has 1 N–H and O–H groups in total. The molecule has 0 amide bonds. The van der Waals surface area contributed by atoms with E-state index in [1.54, 1.807) is 0 Å². The van der Waals surface area contributed by atoms with Crippen LogP contribution in [0.15, 0.2) is 36.4 Å². The molecule has 0 aliphatic carbocycles. The van der Waals surface area contributed by atoms with Gasteiger partial charge in [-0.2, -0.15) is 0 Å². The van der Waals surface area contributed by atoms with E-state index >= 15 is 0 Å². The monoisotopic (exact) mass is 361 g/mol. The molecule has 0 saturated heterocycles. The summed E-state index contributed by atoms with van der Waals surface area (Å²) in [6.45, 7) is 9.67. The third-order valence-corrected chi connectivity index (χ3v) is 4.50. The number of hydrogen-bond acceptors (Lipinski definition) is 2. The molecule has 2 nitrogen and oxygen atoms in total. The average Bonchev–Trinajstić information content (AvgIpc) is 2.57. The minimum Gasteiger partial charge on any atom is -0.372 e. The highest BCUT2D eigenvalue weighted by molar-refractivity contribution is 5.35. The molecule has 0 heterocycles. The van der Waals surface area contributed by atoms with Crippen LogP contribution >= 0.6 is 0 Å². The maximum Gasteiger partial charge on any atom is 0.129 e. The largest absolute Gasteiger partial charge is 0.372 e. The molecule has 2 aromatic carbocycles. The molecular formula is C22H29F2NO. The van der Waals surface area contributed by atoms with E-state index < -0.39 is 11.6 Å². The number of nitrogens with one attached hydrogen (secondary N) is 1. The first-order chi connectivity index (χ1) is 12.4. The molecule has 2 rings (SSSR count). The van der Waals surface area contributed by atoms with Gasteiger partial charge in [0.25, 0.3) is 0 Å². The van der Waals surface area contributed by atoms with Crippen molar-refractivity contribution in [2.45, 2.75) is 52.7 Å². The molecule has 1 atom stereocenters. The van der Waals surface area contributed by atoms with Crippen LogP contribution in [0.3, 0.4) is 0 Å². The van der Waals surface area contributed by atoms with E-state index in [-0.39, 0.29) is 6.10 Å². The van der Waals surface area contributed by atoms with Gasteiger partial charge in [-0.3, -0.25) is 0 Å². The Hall–Kier alpha value is -1.78. The molecule has 0 bridgehead atoms. The fourth-order valence-corrected chi connectivity index (χ4v) is 3.13. The van der Waals surface area contributed by atoms with Crippen LogP contribution in [-0.4, -0.2) is 19.2 Å². The molecular weight excluding hydrogens is 332 g/mol. The van der Waals surface area contributed by atoms with Crippen LogP contribution in [-0.2, 0) is 11.2 Å². The fourth-order valence-electron chi connectivity index (χ4n) is 3.13. The summed E-state index contributed by atoms with van der Waals surface area (Å²) in [4.78, 5) is 0. The van der Waals surface area contributed by atoms with Crippen molar-refractivity contribution in [1.29, 1.82) is 0 Å². The van der Waals surface area contributed by atoms with Gasteiger partial charge < -0.3 is 10.1 Å². The van der Waals surface area contributed by atoms with Crippen LogP contribution in [0.5, 0.6) is 0 Å². The average molecular weight is 361 g/mol. The van der Waals surface area contributed by atoms with Crippen molar-refractivity contribution in [2.24, 2.45) is 0 Å². The fraction of sp³-hybridized carbons (Fsp3) is 0.455. The second-order valence-electron chi connectivity index (χ2n) is 7.07. The Morgan fingerprint density at radius 1 is 1.04 bits per heavy atom. The molecule has 0 fully saturated rings. The molecule has 0 aromatic heterocycles. The van der Waals surface area contributed by atoms with Gasteiger partial charge in [-0.25, -0.2) is 8.78 Å². The van der Waals surface area contributed by atoms with E-state index in [4.69, 9.17) is 4.74 Å². The number of halogens is 2. The van der Waals surface area contributed by atoms with Crippen molar-refractivity contribution < 1.29 is 13.5 Å². The second-order valence-corrected chi connectivity index (χ2v) is 7.07. The summed E-state index contributed by atoms with van der Waals surface area (Å²) < 4.78 is 32.9. The third kappa shape index (κ3) is 5.89. The van der Waals surface area contributed by atoms with Crippen LogP contribution in [0.25, 0.3) is 0 Å². The summed E-state index contributed by atoms with van der Waals surface area (Å²) in [5.41, 5.74) is 4.17. The van der Waals surface area contributed by atoms with E-state index in [1.165, 1.54) is 28.8 Å². The van der Waals surface area contributed by atoms with E-state index in [2.05, 4.69) is 51.2 Å². The SMILES string of the molecule is Cc1cccc(C)c1C(CNC(C)C)OCCCc1ccc(F)cc1F. The Bertz CT molecular complexity index is 695. The Labute approximate surface area is 155 Å². The summed E-state index contributed by atoms with van der Waals surface area (Å²) in [6.07, 6.45) is 1.17. The minimum atomic E-state index is -0.544. The first-order valence-corrected chi connectivity index (χ1v) is 9.23. The Kier molecular flexibility index (Phi) is 7.73. The molecule has 0 radical (unpaired) electrons. The summed E-state index contributed by atoms with van der Waals surface area (Å²) >= 11 is 0. The number of aryl methyl sites for hydroxylation is 3. The Morgan fingerprint density at radius 3 is 2.35 bits per heavy atom. The summed E-state index contributed by atoms with van der Waals surface area (Å²) in [5, 5.41) is 3.45. The quantitative estimate of drug-likeness (QED) is 0.614. The summed E-state index contributed by atoms with van der Waals surface area (Å²) in [6, 6.07) is 10.4. The summed E-state index contributed by atoms with van der Waals surface area (Å²) in [7, 11) is 0. The van der Waals surface area contributed by atoms with Gasteiger partial charge in [0.05, 0.1) is 6.10 Å². The lowest BCUT2D eigenvalue weighted by molar-refractivity contribution is 0.0489. The van der Waals surface area contributed by atoms with Crippen LogP contribution in [0.1, 0.15) is 48.6 Å². The molecule has 2 aromatic rings. The van der Waals surface area contributed by atoms with Gasteiger partial charge in [0, 0.05) is 25.3 Å². The lowest BCUT2D eigenvalue weighted by atomic mass is 9.97. The van der Waals surface area contributed by atoms with Crippen molar-refractivity contribution in [3.63, 3.8) is 0 Å². The highest BCUT2D eigenvalue weighted by Gasteiger charge is 2.17. The van der Waals surface area contributed by atoms with Crippen molar-refractivity contribution >= 4 is 0 Å². The highest BCUT2D eigenvalue weighted by atomic mass is 19.1. The molecule has 0 aliphatic rings. The lowest BCUT2D eigenvalue weighted by Crippen LogP contribution is -2.30. The van der Waals surface area contributed by atoms with Crippen molar-refractivity contribution in [3.05, 3.63) is 70.3 Å². The van der Waals surface area contributed by atoms with Gasteiger partial charge in [-0.15, -0.1) is 0 Å². The van der Waals surface area contributed by atoms with Gasteiger partial charge >= 0.3 is 0 Å². The van der Waals surface area contributed by atoms with Crippen LogP contribution < -0.4 is 5.32 Å². The predicted molar refractivity (Wildman–Crippen MR) is 102 cm³/mol. The number of benzene rings is 2. The van der Waals surface area contributed by atoms with Crippen molar-refractivity contribution in [3.8, 4) is 0 Å². The topological polar surface area (TPSA) is 21.3 Å². The number of hydrogen-bond donors (Lipinski definition) is 1. The van der Waals surface area contributed by atoms with Gasteiger partial charge in [0.15, 0.2) is 0 Å². The molecule has 26 heavy (non-hydrogen) atoms. The first-order valence-electron chi connectivity index (χ1n) is 9.23. The smallest absolute Gasteiger partial charge is 0.129 e. The van der Waals surface area contributed by atoms with Gasteiger partial charge in [0.2, 0.25) is 0 Å². The number of ether oxygens (including phenoxy) is 1. The standard InChI is InChI=1S/C22H29F2NO/c1-15(2)25-14-21(22-16(3)7-5-8-17(22)4)26-12-6-9-18-10-11-19(23)13-20(18)24/h5,7-8,10-11,13,15,21,25H,6,9,12,14H2,1-4H3. The lowest BCUT2D eigenvalue weighted by Gasteiger charge is -2.24. The maximum absolute atomic E-state index is 13.7. The molecule has 1 unspecified atom stereocenters. The van der Waals surface area contributed by atoms with Gasteiger partial charge in [-0.1, -0.05) is 38.1 Å². The number of rotatable bonds is 9. The highest BCUT2D eigenvalue weighted by Crippen LogP contribution is 2.25. The van der Waals surface area contributed by atoms with Crippen molar-refractivity contribution in [2.75, 3.05) is 13.2 Å². The Balaban J connectivity index is 1.98.